The lowest BCUT2D eigenvalue weighted by Gasteiger charge is -2.10. The van der Waals surface area contributed by atoms with Crippen LogP contribution in [0.3, 0.4) is 0 Å². The van der Waals surface area contributed by atoms with E-state index in [2.05, 4.69) is 35.8 Å². The van der Waals surface area contributed by atoms with E-state index in [4.69, 9.17) is 23.2 Å². The van der Waals surface area contributed by atoms with Crippen molar-refractivity contribution >= 4 is 45.0 Å². The van der Waals surface area contributed by atoms with Crippen LogP contribution in [0, 0.1) is 6.92 Å². The molecule has 0 amide bonds. The highest BCUT2D eigenvalue weighted by Gasteiger charge is 2.15. The molecule has 3 aromatic carbocycles. The first kappa shape index (κ1) is 13.7. The normalized spacial score (nSPS) is 11.4. The highest BCUT2D eigenvalue weighted by molar-refractivity contribution is 6.33. The predicted molar refractivity (Wildman–Crippen MR) is 95.5 cm³/mol. The first-order valence-electron chi connectivity index (χ1n) is 7.11. The van der Waals surface area contributed by atoms with Crippen LogP contribution in [-0.2, 0) is 0 Å². The summed E-state index contributed by atoms with van der Waals surface area (Å²) < 4.78 is 2.25. The van der Waals surface area contributed by atoms with E-state index in [1.54, 1.807) is 0 Å². The standard InChI is InChI=1S/C19H13Cl2N/c1-12-17(21)9-8-15-16-11-13(20)7-10-18(16)22(19(12)15)14-5-3-2-4-6-14/h2-11H,1H3. The minimum atomic E-state index is 0.743. The molecule has 1 aromatic heterocycles. The largest absolute Gasteiger partial charge is 0.309 e. The number of aromatic nitrogens is 1. The Labute approximate surface area is 138 Å². The van der Waals surface area contributed by atoms with Crippen molar-refractivity contribution in [3.05, 3.63) is 76.3 Å². The van der Waals surface area contributed by atoms with Crippen LogP contribution in [0.1, 0.15) is 5.56 Å². The van der Waals surface area contributed by atoms with Gasteiger partial charge in [-0.3, -0.25) is 0 Å². The van der Waals surface area contributed by atoms with Gasteiger partial charge in [0, 0.05) is 26.5 Å². The van der Waals surface area contributed by atoms with Gasteiger partial charge in [-0.05, 0) is 48.9 Å². The van der Waals surface area contributed by atoms with Crippen molar-refractivity contribution < 1.29 is 0 Å². The van der Waals surface area contributed by atoms with Gasteiger partial charge in [0.15, 0.2) is 0 Å². The smallest absolute Gasteiger partial charge is 0.0585 e. The van der Waals surface area contributed by atoms with E-state index >= 15 is 0 Å². The van der Waals surface area contributed by atoms with Crippen LogP contribution in [0.5, 0.6) is 0 Å². The topological polar surface area (TPSA) is 4.93 Å². The molecule has 1 nitrogen and oxygen atoms in total. The highest BCUT2D eigenvalue weighted by atomic mass is 35.5. The summed E-state index contributed by atoms with van der Waals surface area (Å²) in [6.45, 7) is 2.06. The number of nitrogens with zero attached hydrogens (tertiary/aromatic N) is 1. The van der Waals surface area contributed by atoms with E-state index in [-0.39, 0.29) is 0 Å². The average Bonchev–Trinajstić information content (AvgIpc) is 2.86. The van der Waals surface area contributed by atoms with Crippen LogP contribution >= 0.6 is 23.2 Å². The van der Waals surface area contributed by atoms with E-state index in [0.29, 0.717) is 0 Å². The van der Waals surface area contributed by atoms with Gasteiger partial charge in [0.2, 0.25) is 0 Å². The summed E-state index contributed by atoms with van der Waals surface area (Å²) in [5.41, 5.74) is 4.47. The lowest BCUT2D eigenvalue weighted by molar-refractivity contribution is 1.17. The molecule has 22 heavy (non-hydrogen) atoms. The second kappa shape index (κ2) is 5.05. The molecule has 0 aliphatic heterocycles. The van der Waals surface area contributed by atoms with Gasteiger partial charge in [0.1, 0.15) is 0 Å². The molecule has 108 valence electrons. The number of fused-ring (bicyclic) bond motifs is 3. The Kier molecular flexibility index (Phi) is 3.14. The van der Waals surface area contributed by atoms with Gasteiger partial charge in [-0.15, -0.1) is 0 Å². The Morgan fingerprint density at radius 3 is 2.36 bits per heavy atom. The Morgan fingerprint density at radius 1 is 0.818 bits per heavy atom. The summed E-state index contributed by atoms with van der Waals surface area (Å²) in [5.74, 6) is 0. The van der Waals surface area contributed by atoms with Gasteiger partial charge in [-0.2, -0.15) is 0 Å². The second-order valence-electron chi connectivity index (χ2n) is 5.40. The van der Waals surface area contributed by atoms with E-state index in [0.717, 1.165) is 37.7 Å². The first-order valence-corrected chi connectivity index (χ1v) is 7.86. The molecule has 0 unspecified atom stereocenters. The number of benzene rings is 3. The molecule has 0 aliphatic rings. The van der Waals surface area contributed by atoms with Crippen LogP contribution in [0.2, 0.25) is 10.0 Å². The fourth-order valence-electron chi connectivity index (χ4n) is 3.07. The minimum absolute atomic E-state index is 0.743. The fraction of sp³-hybridized carbons (Fsp3) is 0.0526. The third-order valence-corrected chi connectivity index (χ3v) is 4.74. The van der Waals surface area contributed by atoms with E-state index in [9.17, 15) is 0 Å². The van der Waals surface area contributed by atoms with Gasteiger partial charge >= 0.3 is 0 Å². The molecule has 3 heteroatoms. The Bertz CT molecular complexity index is 1000. The van der Waals surface area contributed by atoms with Crippen molar-refractivity contribution in [2.24, 2.45) is 0 Å². The van der Waals surface area contributed by atoms with E-state index < -0.39 is 0 Å². The average molecular weight is 326 g/mol. The van der Waals surface area contributed by atoms with Gasteiger partial charge in [0.25, 0.3) is 0 Å². The number of para-hydroxylation sites is 1. The Hall–Kier alpha value is -1.96. The summed E-state index contributed by atoms with van der Waals surface area (Å²) in [6.07, 6.45) is 0. The predicted octanol–water partition coefficient (Wildman–Crippen LogP) is 6.40. The number of aryl methyl sites for hydroxylation is 1. The van der Waals surface area contributed by atoms with Crippen molar-refractivity contribution in [3.8, 4) is 5.69 Å². The van der Waals surface area contributed by atoms with Crippen molar-refractivity contribution in [3.63, 3.8) is 0 Å². The molecule has 4 rings (SSSR count). The molecule has 0 spiro atoms. The van der Waals surface area contributed by atoms with Crippen molar-refractivity contribution in [2.75, 3.05) is 0 Å². The lowest BCUT2D eigenvalue weighted by Crippen LogP contribution is -1.95. The van der Waals surface area contributed by atoms with Gasteiger partial charge in [-0.1, -0.05) is 47.5 Å². The lowest BCUT2D eigenvalue weighted by atomic mass is 10.1. The maximum atomic E-state index is 6.37. The molecule has 0 N–H and O–H groups in total. The molecular weight excluding hydrogens is 313 g/mol. The van der Waals surface area contributed by atoms with Crippen LogP contribution in [0.4, 0.5) is 0 Å². The third kappa shape index (κ3) is 1.93. The second-order valence-corrected chi connectivity index (χ2v) is 6.24. The zero-order chi connectivity index (χ0) is 15.3. The van der Waals surface area contributed by atoms with Crippen LogP contribution in [0.25, 0.3) is 27.5 Å². The van der Waals surface area contributed by atoms with Crippen molar-refractivity contribution in [2.45, 2.75) is 6.92 Å². The number of rotatable bonds is 1. The molecule has 0 radical (unpaired) electrons. The zero-order valence-electron chi connectivity index (χ0n) is 12.0. The highest BCUT2D eigenvalue weighted by Crippen LogP contribution is 2.37. The number of halogens is 2. The maximum Gasteiger partial charge on any atom is 0.0585 e. The molecule has 0 atom stereocenters. The zero-order valence-corrected chi connectivity index (χ0v) is 13.5. The summed E-state index contributed by atoms with van der Waals surface area (Å²) >= 11 is 12.6. The Balaban J connectivity index is 2.27. The maximum absolute atomic E-state index is 6.37. The molecule has 1 heterocycles. The third-order valence-electron chi connectivity index (χ3n) is 4.09. The van der Waals surface area contributed by atoms with Crippen LogP contribution in [-0.4, -0.2) is 4.57 Å². The first-order chi connectivity index (χ1) is 10.7. The SMILES string of the molecule is Cc1c(Cl)ccc2c3cc(Cl)ccc3n(-c3ccccc3)c12. The minimum Gasteiger partial charge on any atom is -0.309 e. The monoisotopic (exact) mass is 325 g/mol. The van der Waals surface area contributed by atoms with Gasteiger partial charge in [-0.25, -0.2) is 0 Å². The number of hydrogen-bond donors (Lipinski definition) is 0. The fourth-order valence-corrected chi connectivity index (χ4v) is 3.39. The number of hydrogen-bond acceptors (Lipinski definition) is 0. The van der Waals surface area contributed by atoms with Crippen molar-refractivity contribution in [1.29, 1.82) is 0 Å². The summed E-state index contributed by atoms with van der Waals surface area (Å²) in [7, 11) is 0. The molecule has 0 aliphatic carbocycles. The molecule has 0 saturated heterocycles. The molecule has 0 saturated carbocycles. The summed E-state index contributed by atoms with van der Waals surface area (Å²) in [4.78, 5) is 0. The molecule has 4 aromatic rings. The van der Waals surface area contributed by atoms with E-state index in [1.807, 2.05) is 36.4 Å². The molecule has 0 bridgehead atoms. The quantitative estimate of drug-likeness (QED) is 0.381. The summed E-state index contributed by atoms with van der Waals surface area (Å²) in [6, 6.07) is 20.4. The molecular formula is C19H13Cl2N. The van der Waals surface area contributed by atoms with Crippen LogP contribution < -0.4 is 0 Å². The Morgan fingerprint density at radius 2 is 1.59 bits per heavy atom. The van der Waals surface area contributed by atoms with Crippen LogP contribution in [0.15, 0.2) is 60.7 Å². The molecule has 0 fully saturated rings. The van der Waals surface area contributed by atoms with Gasteiger partial charge < -0.3 is 4.57 Å². The van der Waals surface area contributed by atoms with Crippen molar-refractivity contribution in [1.82, 2.24) is 4.57 Å². The van der Waals surface area contributed by atoms with E-state index in [1.165, 1.54) is 5.39 Å². The summed E-state index contributed by atoms with van der Waals surface area (Å²) in [5, 5.41) is 3.83. The van der Waals surface area contributed by atoms with Gasteiger partial charge in [0.05, 0.1) is 11.0 Å².